The highest BCUT2D eigenvalue weighted by Crippen LogP contribution is 2.38. The van der Waals surface area contributed by atoms with E-state index in [1.54, 1.807) is 0 Å². The molecule has 0 aromatic carbocycles. The molecule has 1 fully saturated rings. The minimum Gasteiger partial charge on any atom is -0.365 e. The van der Waals surface area contributed by atoms with Gasteiger partial charge in [0, 0.05) is 23.6 Å². The summed E-state index contributed by atoms with van der Waals surface area (Å²) in [7, 11) is 0. The third kappa shape index (κ3) is 2.28. The van der Waals surface area contributed by atoms with Crippen molar-refractivity contribution in [3.05, 3.63) is 16.0 Å². The van der Waals surface area contributed by atoms with Crippen LogP contribution in [0.4, 0.5) is 5.00 Å². The predicted molar refractivity (Wildman–Crippen MR) is 71.2 cm³/mol. The molecule has 1 aromatic heterocycles. The fourth-order valence-electron chi connectivity index (χ4n) is 2.36. The van der Waals surface area contributed by atoms with Gasteiger partial charge in [0.2, 0.25) is 5.91 Å². The second-order valence-corrected chi connectivity index (χ2v) is 6.16. The molecule has 6 heteroatoms. The number of primary amides is 1. The van der Waals surface area contributed by atoms with Crippen LogP contribution >= 0.6 is 11.3 Å². The number of anilines is 1. The number of rotatable bonds is 3. The first-order valence-corrected chi connectivity index (χ1v) is 7.15. The van der Waals surface area contributed by atoms with Crippen LogP contribution in [0, 0.1) is 5.92 Å². The third-order valence-electron chi connectivity index (χ3n) is 3.53. The summed E-state index contributed by atoms with van der Waals surface area (Å²) in [6.45, 7) is 0. The molecule has 3 rings (SSSR count). The summed E-state index contributed by atoms with van der Waals surface area (Å²) in [5, 5.41) is 3.31. The molecule has 5 nitrogen and oxygen atoms in total. The molecule has 2 amide bonds. The average Bonchev–Trinajstić information content (AvgIpc) is 3.11. The van der Waals surface area contributed by atoms with Crippen LogP contribution in [0.15, 0.2) is 0 Å². The van der Waals surface area contributed by atoms with Crippen molar-refractivity contribution in [2.24, 2.45) is 11.7 Å². The molecule has 0 bridgehead atoms. The van der Waals surface area contributed by atoms with Gasteiger partial charge < -0.3 is 11.1 Å². The normalized spacial score (nSPS) is 18.0. The van der Waals surface area contributed by atoms with Crippen molar-refractivity contribution in [3.8, 4) is 0 Å². The SMILES string of the molecule is NC(=O)c1c(NC(=O)C2CC2)sc2c1CCC(=O)C2. The van der Waals surface area contributed by atoms with E-state index in [9.17, 15) is 14.4 Å². The maximum atomic E-state index is 11.8. The average molecular weight is 278 g/mol. The molecule has 1 aromatic rings. The lowest BCUT2D eigenvalue weighted by molar-refractivity contribution is -0.119. The Hall–Kier alpha value is -1.69. The predicted octanol–water partition coefficient (Wildman–Crippen LogP) is 1.25. The number of hydrogen-bond donors (Lipinski definition) is 2. The van der Waals surface area contributed by atoms with Crippen molar-refractivity contribution in [2.45, 2.75) is 32.1 Å². The van der Waals surface area contributed by atoms with Crippen molar-refractivity contribution in [3.63, 3.8) is 0 Å². The van der Waals surface area contributed by atoms with Crippen molar-refractivity contribution in [2.75, 3.05) is 5.32 Å². The lowest BCUT2D eigenvalue weighted by Crippen LogP contribution is -2.20. The molecule has 1 heterocycles. The molecule has 0 unspecified atom stereocenters. The topological polar surface area (TPSA) is 89.3 Å². The van der Waals surface area contributed by atoms with Gasteiger partial charge in [-0.15, -0.1) is 11.3 Å². The number of ketones is 1. The highest BCUT2D eigenvalue weighted by atomic mass is 32.1. The minimum atomic E-state index is -0.530. The Kier molecular flexibility index (Phi) is 2.89. The fraction of sp³-hybridized carbons (Fsp3) is 0.462. The van der Waals surface area contributed by atoms with Gasteiger partial charge in [0.25, 0.3) is 5.91 Å². The fourth-order valence-corrected chi connectivity index (χ4v) is 3.64. The Morgan fingerprint density at radius 2 is 2.00 bits per heavy atom. The zero-order valence-corrected chi connectivity index (χ0v) is 11.1. The molecule has 0 aliphatic heterocycles. The third-order valence-corrected chi connectivity index (χ3v) is 4.68. The Morgan fingerprint density at radius 3 is 2.63 bits per heavy atom. The van der Waals surface area contributed by atoms with Gasteiger partial charge in [0.15, 0.2) is 0 Å². The van der Waals surface area contributed by atoms with Crippen molar-refractivity contribution in [1.82, 2.24) is 0 Å². The number of carbonyl (C=O) groups excluding carboxylic acids is 3. The lowest BCUT2D eigenvalue weighted by atomic mass is 9.94. The van der Waals surface area contributed by atoms with Crippen LogP contribution in [-0.4, -0.2) is 17.6 Å². The van der Waals surface area contributed by atoms with E-state index in [2.05, 4.69) is 5.32 Å². The first-order valence-electron chi connectivity index (χ1n) is 6.33. The lowest BCUT2D eigenvalue weighted by Gasteiger charge is -2.10. The standard InChI is InChI=1S/C13H14N2O3S/c14-11(17)10-8-4-3-7(16)5-9(8)19-13(10)15-12(18)6-1-2-6/h6H,1-5H2,(H2,14,17)(H,15,18). The van der Waals surface area contributed by atoms with Gasteiger partial charge >= 0.3 is 0 Å². The monoisotopic (exact) mass is 278 g/mol. The van der Waals surface area contributed by atoms with Gasteiger partial charge in [0.05, 0.1) is 5.56 Å². The molecule has 19 heavy (non-hydrogen) atoms. The summed E-state index contributed by atoms with van der Waals surface area (Å²) in [6.07, 6.45) is 3.14. The summed E-state index contributed by atoms with van der Waals surface area (Å²) < 4.78 is 0. The van der Waals surface area contributed by atoms with Crippen LogP contribution in [0.25, 0.3) is 0 Å². The number of Topliss-reactive ketones (excluding diaryl/α,β-unsaturated/α-hetero) is 1. The minimum absolute atomic E-state index is 0.0487. The van der Waals surface area contributed by atoms with Crippen LogP contribution in [0.1, 0.15) is 40.1 Å². The zero-order chi connectivity index (χ0) is 13.6. The Balaban J connectivity index is 1.96. The Bertz CT molecular complexity index is 587. The van der Waals surface area contributed by atoms with Crippen molar-refractivity contribution < 1.29 is 14.4 Å². The maximum absolute atomic E-state index is 11.8. The first-order chi connectivity index (χ1) is 9.06. The van der Waals surface area contributed by atoms with E-state index in [0.29, 0.717) is 29.8 Å². The highest BCUT2D eigenvalue weighted by molar-refractivity contribution is 7.17. The van der Waals surface area contributed by atoms with E-state index in [-0.39, 0.29) is 17.6 Å². The Morgan fingerprint density at radius 1 is 1.26 bits per heavy atom. The van der Waals surface area contributed by atoms with E-state index in [0.717, 1.165) is 23.3 Å². The molecule has 2 aliphatic rings. The molecule has 2 aliphatic carbocycles. The molecule has 1 saturated carbocycles. The van der Waals surface area contributed by atoms with E-state index in [1.807, 2.05) is 0 Å². The molecule has 0 atom stereocenters. The van der Waals surface area contributed by atoms with E-state index < -0.39 is 5.91 Å². The number of nitrogens with two attached hydrogens (primary N) is 1. The number of carbonyl (C=O) groups is 3. The van der Waals surface area contributed by atoms with Crippen LogP contribution in [0.3, 0.4) is 0 Å². The van der Waals surface area contributed by atoms with Gasteiger partial charge in [-0.25, -0.2) is 0 Å². The van der Waals surface area contributed by atoms with Crippen LogP contribution in [0.2, 0.25) is 0 Å². The van der Waals surface area contributed by atoms with Gasteiger partial charge in [0.1, 0.15) is 10.8 Å². The van der Waals surface area contributed by atoms with Crippen LogP contribution in [0.5, 0.6) is 0 Å². The number of hydrogen-bond acceptors (Lipinski definition) is 4. The van der Waals surface area contributed by atoms with Gasteiger partial charge in [-0.05, 0) is 24.8 Å². The van der Waals surface area contributed by atoms with Crippen molar-refractivity contribution >= 4 is 33.9 Å². The van der Waals surface area contributed by atoms with E-state index >= 15 is 0 Å². The molecule has 0 spiro atoms. The summed E-state index contributed by atoms with van der Waals surface area (Å²) in [6, 6.07) is 0. The second kappa shape index (κ2) is 4.45. The molecule has 0 saturated heterocycles. The largest absolute Gasteiger partial charge is 0.365 e. The number of nitrogens with one attached hydrogen (secondary N) is 1. The van der Waals surface area contributed by atoms with E-state index in [1.165, 1.54) is 11.3 Å². The molecule has 100 valence electrons. The molecular formula is C13H14N2O3S. The summed E-state index contributed by atoms with van der Waals surface area (Å²) in [4.78, 5) is 35.7. The summed E-state index contributed by atoms with van der Waals surface area (Å²) >= 11 is 1.31. The van der Waals surface area contributed by atoms with Gasteiger partial charge in [-0.2, -0.15) is 0 Å². The van der Waals surface area contributed by atoms with Crippen LogP contribution in [-0.2, 0) is 22.4 Å². The van der Waals surface area contributed by atoms with Crippen molar-refractivity contribution in [1.29, 1.82) is 0 Å². The molecule has 3 N–H and O–H groups in total. The van der Waals surface area contributed by atoms with Gasteiger partial charge in [-0.1, -0.05) is 0 Å². The quantitative estimate of drug-likeness (QED) is 0.872. The maximum Gasteiger partial charge on any atom is 0.251 e. The van der Waals surface area contributed by atoms with E-state index in [4.69, 9.17) is 5.73 Å². The number of thiophene rings is 1. The highest BCUT2D eigenvalue weighted by Gasteiger charge is 2.32. The summed E-state index contributed by atoms with van der Waals surface area (Å²) in [5.41, 5.74) is 6.67. The Labute approximate surface area is 114 Å². The first kappa shape index (κ1) is 12.3. The number of fused-ring (bicyclic) bond motifs is 1. The smallest absolute Gasteiger partial charge is 0.251 e. The van der Waals surface area contributed by atoms with Crippen LogP contribution < -0.4 is 11.1 Å². The molecule has 0 radical (unpaired) electrons. The summed E-state index contributed by atoms with van der Waals surface area (Å²) in [5.74, 6) is -0.336. The zero-order valence-electron chi connectivity index (χ0n) is 10.3. The number of amides is 2. The second-order valence-electron chi connectivity index (χ2n) is 5.05. The van der Waals surface area contributed by atoms with Gasteiger partial charge in [-0.3, -0.25) is 14.4 Å². The molecular weight excluding hydrogens is 264 g/mol.